The molecule has 0 unspecified atom stereocenters. The third-order valence-corrected chi connectivity index (χ3v) is 5.02. The molecule has 4 nitrogen and oxygen atoms in total. The van der Waals surface area contributed by atoms with E-state index in [0.717, 1.165) is 22.3 Å². The van der Waals surface area contributed by atoms with Crippen molar-refractivity contribution in [3.8, 4) is 0 Å². The number of nitrogens with zero attached hydrogens (tertiary/aromatic N) is 2. The van der Waals surface area contributed by atoms with Gasteiger partial charge in [0.1, 0.15) is 0 Å². The highest BCUT2D eigenvalue weighted by Crippen LogP contribution is 2.21. The molecule has 146 valence electrons. The smallest absolute Gasteiger partial charge is 0.256 e. The number of hydrogen-bond donors (Lipinski definition) is 0. The van der Waals surface area contributed by atoms with Gasteiger partial charge in [-0.2, -0.15) is 0 Å². The Morgan fingerprint density at radius 2 is 1.12 bits per heavy atom. The van der Waals surface area contributed by atoms with Crippen LogP contribution < -0.4 is 0 Å². The average Bonchev–Trinajstić information content (AvgIpc) is 2.59. The van der Waals surface area contributed by atoms with Crippen molar-refractivity contribution in [1.82, 2.24) is 9.80 Å². The van der Waals surface area contributed by atoms with Crippen molar-refractivity contribution in [2.45, 2.75) is 50.5 Å². The van der Waals surface area contributed by atoms with Gasteiger partial charge in [-0.25, -0.2) is 0 Å². The van der Waals surface area contributed by atoms with Crippen LogP contribution in [0.1, 0.15) is 36.1 Å². The Balaban J connectivity index is 3.04. The molecule has 0 saturated carbocycles. The van der Waals surface area contributed by atoms with E-state index in [1.165, 1.54) is 0 Å². The van der Waals surface area contributed by atoms with E-state index in [-0.39, 0.29) is 11.8 Å². The number of benzene rings is 1. The quantitative estimate of drug-likeness (QED) is 0.552. The van der Waals surface area contributed by atoms with Crippen molar-refractivity contribution in [2.24, 2.45) is 0 Å². The number of halogens is 4. The molecule has 26 heavy (non-hydrogen) atoms. The van der Waals surface area contributed by atoms with E-state index in [1.807, 2.05) is 39.8 Å². The van der Waals surface area contributed by atoms with Gasteiger partial charge in [-0.1, -0.05) is 58.5 Å². The number of rotatable bonds is 8. The number of aryl methyl sites for hydroxylation is 2. The van der Waals surface area contributed by atoms with Crippen molar-refractivity contribution < 1.29 is 9.59 Å². The molecule has 0 aromatic heterocycles. The first-order chi connectivity index (χ1) is 12.1. The molecule has 0 bridgehead atoms. The molecule has 8 heteroatoms. The largest absolute Gasteiger partial charge is 0.336 e. The second kappa shape index (κ2) is 10.6. The molecule has 0 heterocycles. The standard InChI is InChI=1S/C18H24Cl4N2O2/c1-5-23(17(25)15(19)20)9-13-7-12(4)14(8-11(13)3)10-24(6-2)18(26)16(21)22/h7-8,15-16H,5-6,9-10H2,1-4H3. The number of carbonyl (C=O) groups excluding carboxylic acids is 2. The van der Waals surface area contributed by atoms with Crippen molar-refractivity contribution in [2.75, 3.05) is 13.1 Å². The Bertz CT molecular complexity index is 595. The van der Waals surface area contributed by atoms with Crippen molar-refractivity contribution in [3.63, 3.8) is 0 Å². The van der Waals surface area contributed by atoms with Crippen LogP contribution in [0, 0.1) is 13.8 Å². The predicted octanol–water partition coefficient (Wildman–Crippen LogP) is 4.61. The Labute approximate surface area is 175 Å². The minimum Gasteiger partial charge on any atom is -0.336 e. The molecule has 0 aliphatic rings. The van der Waals surface area contributed by atoms with Gasteiger partial charge in [-0.3, -0.25) is 9.59 Å². The molecule has 1 rings (SSSR count). The lowest BCUT2D eigenvalue weighted by molar-refractivity contribution is -0.130. The maximum atomic E-state index is 12.1. The lowest BCUT2D eigenvalue weighted by Gasteiger charge is -2.25. The number of amides is 2. The van der Waals surface area contributed by atoms with E-state index in [2.05, 4.69) is 0 Å². The Kier molecular flexibility index (Phi) is 9.53. The van der Waals surface area contributed by atoms with Crippen LogP contribution in [0.4, 0.5) is 0 Å². The molecule has 0 aliphatic carbocycles. The molecule has 0 radical (unpaired) electrons. The molecular weight excluding hydrogens is 418 g/mol. The fourth-order valence-corrected chi connectivity index (χ4v) is 3.21. The van der Waals surface area contributed by atoms with Crippen LogP contribution in [0.3, 0.4) is 0 Å². The fourth-order valence-electron chi connectivity index (χ4n) is 2.65. The summed E-state index contributed by atoms with van der Waals surface area (Å²) in [6.45, 7) is 9.59. The number of alkyl halides is 4. The third kappa shape index (κ3) is 6.19. The van der Waals surface area contributed by atoms with Gasteiger partial charge in [0, 0.05) is 26.2 Å². The topological polar surface area (TPSA) is 40.6 Å². The second-order valence-electron chi connectivity index (χ2n) is 6.01. The van der Waals surface area contributed by atoms with Gasteiger partial charge in [-0.15, -0.1) is 0 Å². The predicted molar refractivity (Wildman–Crippen MR) is 109 cm³/mol. The molecule has 1 aromatic carbocycles. The minimum absolute atomic E-state index is 0.310. The Hall–Kier alpha value is -0.680. The van der Waals surface area contributed by atoms with Crippen LogP contribution in [0.15, 0.2) is 12.1 Å². The van der Waals surface area contributed by atoms with E-state index in [9.17, 15) is 9.59 Å². The number of hydrogen-bond acceptors (Lipinski definition) is 2. The third-order valence-electron chi connectivity index (χ3n) is 4.28. The highest BCUT2D eigenvalue weighted by atomic mass is 35.5. The van der Waals surface area contributed by atoms with Gasteiger partial charge in [0.25, 0.3) is 11.8 Å². The van der Waals surface area contributed by atoms with Gasteiger partial charge in [0.05, 0.1) is 0 Å². The van der Waals surface area contributed by atoms with Gasteiger partial charge in [-0.05, 0) is 49.9 Å². The summed E-state index contributed by atoms with van der Waals surface area (Å²) in [7, 11) is 0. The van der Waals surface area contributed by atoms with E-state index in [4.69, 9.17) is 46.4 Å². The molecule has 0 saturated heterocycles. The van der Waals surface area contributed by atoms with Crippen LogP contribution in [-0.2, 0) is 22.7 Å². The summed E-state index contributed by atoms with van der Waals surface area (Å²) in [6.07, 6.45) is 0. The van der Waals surface area contributed by atoms with Crippen molar-refractivity contribution in [3.05, 3.63) is 34.4 Å². The molecule has 0 atom stereocenters. The molecule has 0 N–H and O–H groups in total. The summed E-state index contributed by atoms with van der Waals surface area (Å²) in [6, 6.07) is 4.05. The van der Waals surface area contributed by atoms with Crippen LogP contribution in [0.2, 0.25) is 0 Å². The van der Waals surface area contributed by atoms with E-state index < -0.39 is 9.67 Å². The summed E-state index contributed by atoms with van der Waals surface area (Å²) in [5.41, 5.74) is 4.07. The Morgan fingerprint density at radius 1 is 0.808 bits per heavy atom. The molecular formula is C18H24Cl4N2O2. The Morgan fingerprint density at radius 3 is 1.35 bits per heavy atom. The molecule has 1 aromatic rings. The van der Waals surface area contributed by atoms with Gasteiger partial charge in [0.15, 0.2) is 9.67 Å². The van der Waals surface area contributed by atoms with Gasteiger partial charge >= 0.3 is 0 Å². The lowest BCUT2D eigenvalue weighted by atomic mass is 9.99. The normalized spacial score (nSPS) is 11.2. The summed E-state index contributed by atoms with van der Waals surface area (Å²) in [5, 5.41) is 0. The summed E-state index contributed by atoms with van der Waals surface area (Å²) in [5.74, 6) is -0.620. The lowest BCUT2D eigenvalue weighted by Crippen LogP contribution is -2.35. The van der Waals surface area contributed by atoms with Gasteiger partial charge < -0.3 is 9.80 Å². The number of carbonyl (C=O) groups is 2. The monoisotopic (exact) mass is 440 g/mol. The first kappa shape index (κ1) is 23.4. The minimum atomic E-state index is -1.07. The first-order valence-corrected chi connectivity index (χ1v) is 10.1. The zero-order valence-electron chi connectivity index (χ0n) is 15.4. The highest BCUT2D eigenvalue weighted by molar-refractivity contribution is 6.53. The van der Waals surface area contributed by atoms with Crippen molar-refractivity contribution in [1.29, 1.82) is 0 Å². The SMILES string of the molecule is CCN(Cc1cc(C)c(CN(CC)C(=O)C(Cl)Cl)cc1C)C(=O)C(Cl)Cl. The van der Waals surface area contributed by atoms with Crippen LogP contribution in [-0.4, -0.2) is 44.4 Å². The van der Waals surface area contributed by atoms with Gasteiger partial charge in [0.2, 0.25) is 0 Å². The zero-order chi connectivity index (χ0) is 20.0. The van der Waals surface area contributed by atoms with Crippen LogP contribution in [0.25, 0.3) is 0 Å². The zero-order valence-corrected chi connectivity index (χ0v) is 18.4. The average molecular weight is 442 g/mol. The molecule has 0 spiro atoms. The van der Waals surface area contributed by atoms with Crippen molar-refractivity contribution >= 4 is 58.2 Å². The van der Waals surface area contributed by atoms with E-state index in [1.54, 1.807) is 9.80 Å². The fraction of sp³-hybridized carbons (Fsp3) is 0.556. The molecule has 0 fully saturated rings. The van der Waals surface area contributed by atoms with Crippen LogP contribution in [0.5, 0.6) is 0 Å². The van der Waals surface area contributed by atoms with E-state index in [0.29, 0.717) is 26.2 Å². The van der Waals surface area contributed by atoms with Crippen LogP contribution >= 0.6 is 46.4 Å². The second-order valence-corrected chi connectivity index (χ2v) is 8.20. The molecule has 2 amide bonds. The van der Waals surface area contributed by atoms with E-state index >= 15 is 0 Å². The summed E-state index contributed by atoms with van der Waals surface area (Å²) >= 11 is 22.8. The summed E-state index contributed by atoms with van der Waals surface area (Å²) in [4.78, 5) is 25.2. The first-order valence-electron chi connectivity index (χ1n) is 8.35. The highest BCUT2D eigenvalue weighted by Gasteiger charge is 2.22. The maximum Gasteiger partial charge on any atom is 0.256 e. The maximum absolute atomic E-state index is 12.1. The molecule has 0 aliphatic heterocycles. The summed E-state index contributed by atoms with van der Waals surface area (Å²) < 4.78 is 0.